The van der Waals surface area contributed by atoms with Crippen molar-refractivity contribution in [2.45, 2.75) is 52.6 Å². The first kappa shape index (κ1) is 32.6. The minimum atomic E-state index is -1.09. The Morgan fingerprint density at radius 2 is 1.94 bits per heavy atom. The Hall–Kier alpha value is -4.61. The summed E-state index contributed by atoms with van der Waals surface area (Å²) in [5.74, 6) is 1.82. The fourth-order valence-electron chi connectivity index (χ4n) is 8.90. The minimum absolute atomic E-state index is 0.00616. The number of nitrogens with one attached hydrogen (secondary N) is 1. The molecule has 0 spiro atoms. The largest absolute Gasteiger partial charge is 0.476 e. The van der Waals surface area contributed by atoms with E-state index in [1.165, 1.54) is 24.2 Å². The molecule has 1 aliphatic heterocycles. The van der Waals surface area contributed by atoms with Crippen molar-refractivity contribution in [1.82, 2.24) is 19.7 Å². The van der Waals surface area contributed by atoms with E-state index in [-0.39, 0.29) is 11.6 Å². The number of hydrogen-bond donors (Lipinski definition) is 2. The number of aromatic carboxylic acids is 1. The van der Waals surface area contributed by atoms with Crippen LogP contribution in [-0.4, -0.2) is 57.0 Å². The smallest absolute Gasteiger partial charge is 0.355 e. The molecule has 2 N–H and O–H groups in total. The van der Waals surface area contributed by atoms with Crippen molar-refractivity contribution in [3.8, 4) is 11.1 Å². The fraction of sp³-hybridized carbons (Fsp3) is 0.410. The van der Waals surface area contributed by atoms with Crippen LogP contribution in [0.4, 0.5) is 10.9 Å². The molecule has 11 heteroatoms. The van der Waals surface area contributed by atoms with E-state index in [1.807, 2.05) is 64.3 Å². The molecular formula is C39H42N6O4S. The molecule has 0 radical (unpaired) electrons. The van der Waals surface area contributed by atoms with Crippen LogP contribution in [0.15, 0.2) is 67.0 Å². The van der Waals surface area contributed by atoms with Gasteiger partial charge < -0.3 is 14.7 Å². The van der Waals surface area contributed by atoms with Gasteiger partial charge >= 0.3 is 5.97 Å². The maximum atomic E-state index is 13.5. The van der Waals surface area contributed by atoms with Crippen LogP contribution in [0.1, 0.15) is 65.1 Å². The Morgan fingerprint density at radius 1 is 1.08 bits per heavy atom. The van der Waals surface area contributed by atoms with Gasteiger partial charge in [0.15, 0.2) is 10.8 Å². The Balaban J connectivity index is 1.00. The van der Waals surface area contributed by atoms with Gasteiger partial charge in [-0.25, -0.2) is 14.8 Å². The van der Waals surface area contributed by atoms with Crippen molar-refractivity contribution in [3.63, 3.8) is 0 Å². The average molecular weight is 691 g/mol. The molecule has 50 heavy (non-hydrogen) atoms. The molecule has 4 atom stereocenters. The molecule has 9 rings (SSSR count). The highest BCUT2D eigenvalue weighted by Crippen LogP contribution is 2.64. The summed E-state index contributed by atoms with van der Waals surface area (Å²) in [6, 6.07) is 17.3. The van der Waals surface area contributed by atoms with E-state index in [0.717, 1.165) is 52.4 Å². The molecule has 1 unspecified atom stereocenters. The number of carboxylic acids is 1. The number of aromatic nitrogens is 4. The number of pyridine rings is 1. The number of benzene rings is 2. The van der Waals surface area contributed by atoms with Crippen molar-refractivity contribution in [2.75, 3.05) is 30.5 Å². The van der Waals surface area contributed by atoms with Gasteiger partial charge in [0.2, 0.25) is 0 Å². The molecule has 3 saturated carbocycles. The van der Waals surface area contributed by atoms with Gasteiger partial charge in [0, 0.05) is 56.2 Å². The van der Waals surface area contributed by atoms with Crippen molar-refractivity contribution in [1.29, 1.82) is 0 Å². The zero-order valence-corrected chi connectivity index (χ0v) is 29.4. The Kier molecular flexibility index (Phi) is 8.43. The molecule has 0 saturated heterocycles. The van der Waals surface area contributed by atoms with E-state index in [1.54, 1.807) is 13.3 Å². The number of methoxy groups -OCH3 is 1. The molecule has 2 aromatic carbocycles. The second kappa shape index (κ2) is 12.9. The highest BCUT2D eigenvalue weighted by molar-refractivity contribution is 7.22. The van der Waals surface area contributed by atoms with Gasteiger partial charge in [-0.3, -0.25) is 14.8 Å². The lowest BCUT2D eigenvalue weighted by Crippen LogP contribution is -2.56. The molecule has 1 amide bonds. The van der Waals surface area contributed by atoms with Gasteiger partial charge in [-0.1, -0.05) is 49.4 Å². The lowest BCUT2D eigenvalue weighted by atomic mass is 9.43. The van der Waals surface area contributed by atoms with Crippen LogP contribution in [0.5, 0.6) is 0 Å². The molecule has 3 aromatic heterocycles. The van der Waals surface area contributed by atoms with E-state index >= 15 is 0 Å². The third kappa shape index (κ3) is 5.86. The third-order valence-electron chi connectivity index (χ3n) is 11.7. The molecule has 3 aliphatic carbocycles. The summed E-state index contributed by atoms with van der Waals surface area (Å²) >= 11 is 1.44. The number of para-hydroxylation sites is 1. The maximum absolute atomic E-state index is 13.5. The van der Waals surface area contributed by atoms with Crippen molar-refractivity contribution in [3.05, 3.63) is 89.4 Å². The molecule has 10 nitrogen and oxygen atoms in total. The van der Waals surface area contributed by atoms with Crippen molar-refractivity contribution >= 4 is 44.4 Å². The first-order valence-electron chi connectivity index (χ1n) is 17.5. The van der Waals surface area contributed by atoms with Crippen LogP contribution < -0.4 is 10.2 Å². The van der Waals surface area contributed by atoms with Crippen LogP contribution in [0.25, 0.3) is 21.3 Å². The number of thiazole rings is 1. The zero-order valence-electron chi connectivity index (χ0n) is 28.6. The standard InChI is InChI=1S/C39H42N6O4S/c1-39(2)26-17-24(27(14-16-49-3)31(39)18-26)20-45-21-25(19-40-45)28-11-12-34(42-35(28)37(47)48)44-15-13-23-7-6-8-29(30(23)22-44)36(46)43-38-41-32-9-4-5-10-33(32)50-38/h4-12,19,21,24,26-27,31H,13-18,20,22H2,1-3H3,(H,47,48)(H,41,43,46)/t24?,26-,27+,31-/m1/s1. The van der Waals surface area contributed by atoms with E-state index in [2.05, 4.69) is 35.2 Å². The van der Waals surface area contributed by atoms with E-state index in [9.17, 15) is 14.7 Å². The molecule has 2 bridgehead atoms. The maximum Gasteiger partial charge on any atom is 0.355 e. The summed E-state index contributed by atoms with van der Waals surface area (Å²) in [5, 5.41) is 18.5. The number of nitrogens with zero attached hydrogens (tertiary/aromatic N) is 5. The fourth-order valence-corrected chi connectivity index (χ4v) is 9.76. The van der Waals surface area contributed by atoms with Crippen LogP contribution in [-0.2, 0) is 24.2 Å². The molecule has 5 aromatic rings. The summed E-state index contributed by atoms with van der Waals surface area (Å²) in [6.07, 6.45) is 7.99. The number of anilines is 2. The highest BCUT2D eigenvalue weighted by Gasteiger charge is 2.57. The van der Waals surface area contributed by atoms with Crippen molar-refractivity contribution in [2.24, 2.45) is 29.1 Å². The summed E-state index contributed by atoms with van der Waals surface area (Å²) in [6.45, 7) is 7.51. The van der Waals surface area contributed by atoms with E-state index in [0.29, 0.717) is 64.8 Å². The van der Waals surface area contributed by atoms with Gasteiger partial charge in [0.25, 0.3) is 5.91 Å². The number of rotatable bonds is 10. The summed E-state index contributed by atoms with van der Waals surface area (Å²) in [7, 11) is 1.78. The summed E-state index contributed by atoms with van der Waals surface area (Å²) < 4.78 is 8.48. The Labute approximate surface area is 295 Å². The average Bonchev–Trinajstić information content (AvgIpc) is 3.76. The molecule has 4 aliphatic rings. The van der Waals surface area contributed by atoms with E-state index in [4.69, 9.17) is 9.84 Å². The van der Waals surface area contributed by atoms with Crippen molar-refractivity contribution < 1.29 is 19.4 Å². The number of carbonyl (C=O) groups is 2. The molecule has 258 valence electrons. The second-order valence-corrected chi connectivity index (χ2v) is 15.7. The monoisotopic (exact) mass is 690 g/mol. The van der Waals surface area contributed by atoms with Crippen LogP contribution >= 0.6 is 11.3 Å². The van der Waals surface area contributed by atoms with Gasteiger partial charge in [-0.2, -0.15) is 5.10 Å². The Bertz CT molecular complexity index is 2050. The predicted octanol–water partition coefficient (Wildman–Crippen LogP) is 7.40. The summed E-state index contributed by atoms with van der Waals surface area (Å²) in [5.41, 5.74) is 5.11. The first-order valence-corrected chi connectivity index (χ1v) is 18.3. The predicted molar refractivity (Wildman–Crippen MR) is 195 cm³/mol. The number of hydrogen-bond acceptors (Lipinski definition) is 8. The number of carbonyl (C=O) groups excluding carboxylic acids is 1. The summed E-state index contributed by atoms with van der Waals surface area (Å²) in [4.78, 5) is 37.4. The number of ether oxygens (including phenoxy) is 1. The second-order valence-electron chi connectivity index (χ2n) is 14.7. The topological polar surface area (TPSA) is 122 Å². The number of carboxylic acid groups (broad SMARTS) is 1. The quantitative estimate of drug-likeness (QED) is 0.156. The highest BCUT2D eigenvalue weighted by atomic mass is 32.1. The van der Waals surface area contributed by atoms with E-state index < -0.39 is 5.97 Å². The van der Waals surface area contributed by atoms with Gasteiger partial charge in [0.1, 0.15) is 5.82 Å². The number of fused-ring (bicyclic) bond motifs is 4. The van der Waals surface area contributed by atoms with Crippen LogP contribution in [0, 0.1) is 29.1 Å². The lowest BCUT2D eigenvalue weighted by Gasteiger charge is -2.63. The number of amides is 1. The third-order valence-corrected chi connectivity index (χ3v) is 12.7. The molecular weight excluding hydrogens is 649 g/mol. The van der Waals surface area contributed by atoms with Gasteiger partial charge in [0.05, 0.1) is 16.4 Å². The van der Waals surface area contributed by atoms with Gasteiger partial charge in [-0.05, 0) is 96.2 Å². The first-order chi connectivity index (χ1) is 24.2. The zero-order chi connectivity index (χ0) is 34.6. The van der Waals surface area contributed by atoms with Crippen LogP contribution in [0.3, 0.4) is 0 Å². The van der Waals surface area contributed by atoms with Crippen LogP contribution in [0.2, 0.25) is 0 Å². The SMILES string of the molecule is COCC[C@H]1C(Cn2cc(-c3ccc(N4CCc5cccc(C(=O)Nc6nc7ccccc7s6)c5C4)nc3C(=O)O)cn2)C[C@@H]2C[C@H]1C2(C)C. The Morgan fingerprint density at radius 3 is 2.74 bits per heavy atom. The molecule has 3 fully saturated rings. The normalized spacial score (nSPS) is 22.2. The minimum Gasteiger partial charge on any atom is -0.476 e. The lowest BCUT2D eigenvalue weighted by molar-refractivity contribution is -0.143. The molecule has 4 heterocycles. The van der Waals surface area contributed by atoms with Gasteiger partial charge in [-0.15, -0.1) is 0 Å².